The predicted octanol–water partition coefficient (Wildman–Crippen LogP) is 4.60. The number of aromatic amines is 2. The van der Waals surface area contributed by atoms with Crippen LogP contribution in [0.4, 0.5) is 0 Å². The Balaban J connectivity index is 1.01. The van der Waals surface area contributed by atoms with Gasteiger partial charge in [-0.1, -0.05) is 37.8 Å². The van der Waals surface area contributed by atoms with Crippen molar-refractivity contribution >= 4 is 5.91 Å². The molecular weight excluding hydrogens is 474 g/mol. The lowest BCUT2D eigenvalue weighted by Crippen LogP contribution is -2.60. The summed E-state index contributed by atoms with van der Waals surface area (Å²) in [4.78, 5) is 35.4. The van der Waals surface area contributed by atoms with Crippen molar-refractivity contribution in [3.63, 3.8) is 0 Å². The first-order chi connectivity index (χ1) is 18.7. The number of piperidine rings is 1. The zero-order valence-electron chi connectivity index (χ0n) is 22.4. The molecule has 2 N–H and O–H groups in total. The van der Waals surface area contributed by atoms with Gasteiger partial charge in [-0.2, -0.15) is 0 Å². The summed E-state index contributed by atoms with van der Waals surface area (Å²) < 4.78 is 0. The fourth-order valence-electron chi connectivity index (χ4n) is 6.84. The van der Waals surface area contributed by atoms with Crippen molar-refractivity contribution in [2.45, 2.75) is 77.0 Å². The Kier molecular flexibility index (Phi) is 7.60. The summed E-state index contributed by atoms with van der Waals surface area (Å²) in [7, 11) is 0. The number of carbonyl (C=O) groups is 1. The van der Waals surface area contributed by atoms with Gasteiger partial charge in [0.05, 0.1) is 13.1 Å². The SMILES string of the molecule is O=C(c1ccc(CN2CC3(CCN(C4CCCCCC4)CC3)C2)cc1)N(Cc1ncc[nH]1)Cc1ncc[nH]1. The fraction of sp³-hybridized carbons (Fsp3) is 0.567. The van der Waals surface area contributed by atoms with Gasteiger partial charge in [0, 0.05) is 56.0 Å². The largest absolute Gasteiger partial charge is 0.347 e. The van der Waals surface area contributed by atoms with E-state index in [4.69, 9.17) is 0 Å². The van der Waals surface area contributed by atoms with Crippen molar-refractivity contribution in [2.75, 3.05) is 26.2 Å². The highest BCUT2D eigenvalue weighted by atomic mass is 16.2. The van der Waals surface area contributed by atoms with Crippen LogP contribution < -0.4 is 0 Å². The van der Waals surface area contributed by atoms with E-state index in [-0.39, 0.29) is 5.91 Å². The summed E-state index contributed by atoms with van der Waals surface area (Å²) >= 11 is 0. The maximum Gasteiger partial charge on any atom is 0.254 e. The molecule has 0 bridgehead atoms. The third-order valence-electron chi connectivity index (χ3n) is 9.00. The highest BCUT2D eigenvalue weighted by molar-refractivity contribution is 5.94. The molecule has 1 spiro atoms. The maximum absolute atomic E-state index is 13.4. The molecule has 0 atom stereocenters. The van der Waals surface area contributed by atoms with Gasteiger partial charge >= 0.3 is 0 Å². The maximum atomic E-state index is 13.4. The molecule has 38 heavy (non-hydrogen) atoms. The molecule has 8 nitrogen and oxygen atoms in total. The number of nitrogens with zero attached hydrogens (tertiary/aromatic N) is 5. The van der Waals surface area contributed by atoms with Gasteiger partial charge in [-0.25, -0.2) is 9.97 Å². The summed E-state index contributed by atoms with van der Waals surface area (Å²) in [6.45, 7) is 6.79. The van der Waals surface area contributed by atoms with Crippen LogP contribution in [0.5, 0.6) is 0 Å². The molecule has 8 heteroatoms. The number of likely N-dealkylation sites (tertiary alicyclic amines) is 2. The number of rotatable bonds is 8. The Bertz CT molecular complexity index is 1100. The molecule has 2 aliphatic heterocycles. The van der Waals surface area contributed by atoms with Crippen molar-refractivity contribution in [3.8, 4) is 0 Å². The van der Waals surface area contributed by atoms with E-state index >= 15 is 0 Å². The van der Waals surface area contributed by atoms with E-state index in [9.17, 15) is 4.79 Å². The van der Waals surface area contributed by atoms with Crippen LogP contribution in [0.25, 0.3) is 0 Å². The Labute approximate surface area is 225 Å². The number of amides is 1. The molecule has 2 aromatic heterocycles. The zero-order valence-corrected chi connectivity index (χ0v) is 22.4. The van der Waals surface area contributed by atoms with Crippen LogP contribution >= 0.6 is 0 Å². The summed E-state index contributed by atoms with van der Waals surface area (Å²) in [5.74, 6) is 1.49. The minimum absolute atomic E-state index is 0.0207. The third kappa shape index (κ3) is 5.86. The Morgan fingerprint density at radius 3 is 2.05 bits per heavy atom. The molecule has 1 aromatic carbocycles. The van der Waals surface area contributed by atoms with E-state index in [1.807, 2.05) is 12.1 Å². The van der Waals surface area contributed by atoms with E-state index in [1.54, 1.807) is 29.7 Å². The molecule has 1 saturated carbocycles. The Hall–Kier alpha value is -2.97. The number of carbonyl (C=O) groups excluding carboxylic acids is 1. The first-order valence-corrected chi connectivity index (χ1v) is 14.5. The van der Waals surface area contributed by atoms with E-state index in [2.05, 4.69) is 41.9 Å². The lowest BCUT2D eigenvalue weighted by Gasteiger charge is -2.55. The minimum Gasteiger partial charge on any atom is -0.347 e. The molecule has 3 fully saturated rings. The molecule has 1 amide bonds. The van der Waals surface area contributed by atoms with Gasteiger partial charge in [-0.3, -0.25) is 9.69 Å². The van der Waals surface area contributed by atoms with Gasteiger partial charge < -0.3 is 19.8 Å². The first kappa shape index (κ1) is 25.3. The fourth-order valence-corrected chi connectivity index (χ4v) is 6.84. The smallest absolute Gasteiger partial charge is 0.254 e. The van der Waals surface area contributed by atoms with Crippen molar-refractivity contribution in [2.24, 2.45) is 5.41 Å². The van der Waals surface area contributed by atoms with Crippen LogP contribution in [0.15, 0.2) is 49.1 Å². The molecular formula is C30H41N7O. The van der Waals surface area contributed by atoms with Crippen LogP contribution in [0, 0.1) is 5.41 Å². The monoisotopic (exact) mass is 515 g/mol. The van der Waals surface area contributed by atoms with Crippen LogP contribution in [-0.2, 0) is 19.6 Å². The second-order valence-electron chi connectivity index (χ2n) is 11.8. The van der Waals surface area contributed by atoms with Crippen molar-refractivity contribution in [3.05, 3.63) is 71.8 Å². The molecule has 202 valence electrons. The quantitative estimate of drug-likeness (QED) is 0.429. The lowest BCUT2D eigenvalue weighted by molar-refractivity contribution is -0.0589. The number of imidazole rings is 2. The van der Waals surface area contributed by atoms with Crippen molar-refractivity contribution in [1.82, 2.24) is 34.6 Å². The topological polar surface area (TPSA) is 84.2 Å². The molecule has 1 aliphatic carbocycles. The number of benzene rings is 1. The number of H-pyrrole nitrogens is 2. The molecule has 3 aromatic rings. The van der Waals surface area contributed by atoms with Gasteiger partial charge in [0.25, 0.3) is 5.91 Å². The number of nitrogens with one attached hydrogen (secondary N) is 2. The number of hydrogen-bond donors (Lipinski definition) is 2. The summed E-state index contributed by atoms with van der Waals surface area (Å²) in [5.41, 5.74) is 2.50. The first-order valence-electron chi connectivity index (χ1n) is 14.5. The van der Waals surface area contributed by atoms with Gasteiger partial charge in [0.1, 0.15) is 11.6 Å². The normalized spacial score (nSPS) is 20.7. The van der Waals surface area contributed by atoms with E-state index in [0.717, 1.165) is 24.2 Å². The minimum atomic E-state index is -0.0207. The lowest BCUT2D eigenvalue weighted by atomic mass is 9.71. The molecule has 6 rings (SSSR count). The standard InChI is InChI=1S/C30H41N7O/c38-29(37(20-27-31-13-14-32-27)21-28-33-15-16-34-28)25-9-7-24(8-10-25)19-35-22-30(23-35)11-17-36(18-12-30)26-5-3-1-2-4-6-26/h7-10,13-16,26H,1-6,11-12,17-23H2,(H,31,32)(H,33,34). The van der Waals surface area contributed by atoms with E-state index in [1.165, 1.54) is 83.1 Å². The van der Waals surface area contributed by atoms with Crippen molar-refractivity contribution < 1.29 is 4.79 Å². The summed E-state index contributed by atoms with van der Waals surface area (Å²) in [5, 5.41) is 0. The third-order valence-corrected chi connectivity index (χ3v) is 9.00. The number of hydrogen-bond acceptors (Lipinski definition) is 5. The van der Waals surface area contributed by atoms with Crippen LogP contribution in [0.3, 0.4) is 0 Å². The number of aromatic nitrogens is 4. The average Bonchev–Trinajstić information content (AvgIpc) is 3.57. The summed E-state index contributed by atoms with van der Waals surface area (Å²) in [6.07, 6.45) is 18.3. The van der Waals surface area contributed by atoms with Crippen molar-refractivity contribution in [1.29, 1.82) is 0 Å². The van der Waals surface area contributed by atoms with E-state index < -0.39 is 0 Å². The second-order valence-corrected chi connectivity index (χ2v) is 11.8. The molecule has 4 heterocycles. The van der Waals surface area contributed by atoms with Gasteiger partial charge in [-0.15, -0.1) is 0 Å². The van der Waals surface area contributed by atoms with Gasteiger partial charge in [0.2, 0.25) is 0 Å². The highest BCUT2D eigenvalue weighted by Gasteiger charge is 2.45. The summed E-state index contributed by atoms with van der Waals surface area (Å²) in [6, 6.07) is 9.02. The molecule has 2 saturated heterocycles. The molecule has 3 aliphatic rings. The predicted molar refractivity (Wildman–Crippen MR) is 147 cm³/mol. The molecule has 0 radical (unpaired) electrons. The average molecular weight is 516 g/mol. The highest BCUT2D eigenvalue weighted by Crippen LogP contribution is 2.42. The second kappa shape index (κ2) is 11.4. The Morgan fingerprint density at radius 2 is 1.50 bits per heavy atom. The van der Waals surface area contributed by atoms with Gasteiger partial charge in [0.15, 0.2) is 0 Å². The molecule has 0 unspecified atom stereocenters. The zero-order chi connectivity index (χ0) is 25.8. The van der Waals surface area contributed by atoms with Gasteiger partial charge in [-0.05, 0) is 61.9 Å². The van der Waals surface area contributed by atoms with E-state index in [0.29, 0.717) is 24.1 Å². The van der Waals surface area contributed by atoms with Crippen LogP contribution in [0.2, 0.25) is 0 Å². The Morgan fingerprint density at radius 1 is 0.895 bits per heavy atom. The van der Waals surface area contributed by atoms with Crippen LogP contribution in [0.1, 0.15) is 78.9 Å². The van der Waals surface area contributed by atoms with Crippen LogP contribution in [-0.4, -0.2) is 72.8 Å².